The summed E-state index contributed by atoms with van der Waals surface area (Å²) in [6, 6.07) is 11.7. The number of anilines is 1. The third-order valence-corrected chi connectivity index (χ3v) is 6.05. The Labute approximate surface area is 184 Å². The van der Waals surface area contributed by atoms with E-state index >= 15 is 0 Å². The van der Waals surface area contributed by atoms with E-state index in [1.165, 1.54) is 0 Å². The number of para-hydroxylation sites is 1. The molecular formula is C24H23N3O3S. The van der Waals surface area contributed by atoms with Crippen molar-refractivity contribution in [2.45, 2.75) is 33.7 Å². The first kappa shape index (κ1) is 20.8. The minimum absolute atomic E-state index is 0.216. The zero-order valence-corrected chi connectivity index (χ0v) is 18.4. The maximum atomic E-state index is 12.5. The Kier molecular flexibility index (Phi) is 5.61. The van der Waals surface area contributed by atoms with Gasteiger partial charge in [0.25, 0.3) is 0 Å². The summed E-state index contributed by atoms with van der Waals surface area (Å²) in [5.74, 6) is -0.591. The topological polar surface area (TPSA) is 83.7 Å². The normalized spacial score (nSPS) is 13.6. The molecule has 1 amide bonds. The fourth-order valence-electron chi connectivity index (χ4n) is 3.76. The number of allylic oxidation sites excluding steroid dienone is 1. The summed E-state index contributed by atoms with van der Waals surface area (Å²) < 4.78 is 1.09. The lowest BCUT2D eigenvalue weighted by atomic mass is 10.0. The van der Waals surface area contributed by atoms with Crippen LogP contribution in [0.2, 0.25) is 0 Å². The molecule has 3 aromatic rings. The van der Waals surface area contributed by atoms with Gasteiger partial charge >= 0.3 is 4.87 Å². The van der Waals surface area contributed by atoms with Gasteiger partial charge in [-0.15, -0.1) is 0 Å². The van der Waals surface area contributed by atoms with Crippen molar-refractivity contribution in [2.75, 3.05) is 5.32 Å². The second kappa shape index (κ2) is 8.35. The SMILES string of the molecule is CCc1cccc2c1N=CC2=Cc1sc(=O)n(CC(=O)Nc2cc(C)cc(C)c2)c1O. The Morgan fingerprint density at radius 3 is 2.68 bits per heavy atom. The first-order valence-electron chi connectivity index (χ1n) is 10.0. The largest absolute Gasteiger partial charge is 0.493 e. The van der Waals surface area contributed by atoms with E-state index in [4.69, 9.17) is 0 Å². The summed E-state index contributed by atoms with van der Waals surface area (Å²) in [5.41, 5.74) is 6.60. The molecule has 2 heterocycles. The van der Waals surface area contributed by atoms with Gasteiger partial charge in [0.1, 0.15) is 6.54 Å². The highest BCUT2D eigenvalue weighted by Crippen LogP contribution is 2.37. The van der Waals surface area contributed by atoms with E-state index in [-0.39, 0.29) is 18.3 Å². The van der Waals surface area contributed by atoms with Gasteiger partial charge in [-0.3, -0.25) is 19.1 Å². The van der Waals surface area contributed by atoms with Crippen LogP contribution in [0.1, 0.15) is 34.1 Å². The summed E-state index contributed by atoms with van der Waals surface area (Å²) in [4.78, 5) is 29.4. The van der Waals surface area contributed by atoms with Crippen LogP contribution >= 0.6 is 11.3 Å². The van der Waals surface area contributed by atoms with Crippen LogP contribution in [0.25, 0.3) is 11.6 Å². The number of amides is 1. The van der Waals surface area contributed by atoms with Crippen LogP contribution in [-0.2, 0) is 17.8 Å². The van der Waals surface area contributed by atoms with E-state index in [1.807, 2.05) is 50.2 Å². The van der Waals surface area contributed by atoms with Crippen LogP contribution in [-0.4, -0.2) is 21.8 Å². The molecule has 2 aromatic carbocycles. The summed E-state index contributed by atoms with van der Waals surface area (Å²) in [5, 5.41) is 13.4. The van der Waals surface area contributed by atoms with Gasteiger partial charge in [0.15, 0.2) is 0 Å². The number of carbonyl (C=O) groups is 1. The van der Waals surface area contributed by atoms with E-state index in [9.17, 15) is 14.7 Å². The maximum absolute atomic E-state index is 12.5. The van der Waals surface area contributed by atoms with Gasteiger partial charge in [0.2, 0.25) is 11.8 Å². The second-order valence-electron chi connectivity index (χ2n) is 7.59. The highest BCUT2D eigenvalue weighted by molar-refractivity contribution is 7.10. The molecule has 0 atom stereocenters. The molecule has 6 nitrogen and oxygen atoms in total. The third-order valence-electron chi connectivity index (χ3n) is 5.13. The zero-order chi connectivity index (χ0) is 22.1. The van der Waals surface area contributed by atoms with Crippen molar-refractivity contribution in [3.05, 3.63) is 73.2 Å². The number of fused-ring (bicyclic) bond motifs is 1. The molecular weight excluding hydrogens is 410 g/mol. The lowest BCUT2D eigenvalue weighted by molar-refractivity contribution is -0.116. The van der Waals surface area contributed by atoms with Crippen LogP contribution < -0.4 is 10.2 Å². The molecule has 31 heavy (non-hydrogen) atoms. The van der Waals surface area contributed by atoms with Crippen LogP contribution in [0.4, 0.5) is 11.4 Å². The number of nitrogens with one attached hydrogen (secondary N) is 1. The van der Waals surface area contributed by atoms with E-state index in [2.05, 4.69) is 17.2 Å². The fraction of sp³-hybridized carbons (Fsp3) is 0.208. The number of aromatic hydroxyl groups is 1. The molecule has 2 N–H and O–H groups in total. The molecule has 0 saturated heterocycles. The first-order chi connectivity index (χ1) is 14.9. The van der Waals surface area contributed by atoms with Gasteiger partial charge in [0, 0.05) is 23.0 Å². The smallest absolute Gasteiger partial charge is 0.311 e. The van der Waals surface area contributed by atoms with E-state index in [1.54, 1.807) is 12.3 Å². The summed E-state index contributed by atoms with van der Waals surface area (Å²) in [6.07, 6.45) is 4.36. The molecule has 0 unspecified atom stereocenters. The van der Waals surface area contributed by atoms with E-state index < -0.39 is 4.87 Å². The van der Waals surface area contributed by atoms with Crippen molar-refractivity contribution in [2.24, 2.45) is 4.99 Å². The Bertz CT molecular complexity index is 1280. The van der Waals surface area contributed by atoms with Gasteiger partial charge in [-0.2, -0.15) is 0 Å². The molecule has 1 aliphatic heterocycles. The number of thiazole rings is 1. The van der Waals surface area contributed by atoms with Gasteiger partial charge < -0.3 is 10.4 Å². The van der Waals surface area contributed by atoms with Crippen LogP contribution in [0.5, 0.6) is 5.88 Å². The van der Waals surface area contributed by atoms with Crippen molar-refractivity contribution in [3.63, 3.8) is 0 Å². The number of nitrogens with zero attached hydrogens (tertiary/aromatic N) is 2. The minimum Gasteiger partial charge on any atom is -0.493 e. The standard InChI is InChI=1S/C24H23N3O3S/c1-4-16-6-5-7-19-17(12-25-22(16)19)11-20-23(29)27(24(30)31-20)13-21(28)26-18-9-14(2)8-15(3)10-18/h5-12,29H,4,13H2,1-3H3,(H,26,28). The van der Waals surface area contributed by atoms with Crippen molar-refractivity contribution >= 4 is 46.5 Å². The number of aromatic nitrogens is 1. The number of hydrogen-bond donors (Lipinski definition) is 2. The molecule has 7 heteroatoms. The van der Waals surface area contributed by atoms with Crippen molar-refractivity contribution in [1.82, 2.24) is 4.57 Å². The zero-order valence-electron chi connectivity index (χ0n) is 17.6. The monoisotopic (exact) mass is 433 g/mol. The van der Waals surface area contributed by atoms with E-state index in [0.29, 0.717) is 10.6 Å². The van der Waals surface area contributed by atoms with Crippen molar-refractivity contribution in [3.8, 4) is 5.88 Å². The Hall–Kier alpha value is -3.45. The molecule has 158 valence electrons. The number of benzene rings is 2. The maximum Gasteiger partial charge on any atom is 0.311 e. The van der Waals surface area contributed by atoms with Gasteiger partial charge in [-0.1, -0.05) is 42.5 Å². The molecule has 0 spiro atoms. The first-order valence-corrected chi connectivity index (χ1v) is 10.9. The van der Waals surface area contributed by atoms with E-state index in [0.717, 1.165) is 55.8 Å². The number of carbonyl (C=O) groups excluding carboxylic acids is 1. The Balaban J connectivity index is 1.58. The summed E-state index contributed by atoms with van der Waals surface area (Å²) in [6.45, 7) is 5.72. The summed E-state index contributed by atoms with van der Waals surface area (Å²) >= 11 is 0.905. The third kappa shape index (κ3) is 4.22. The number of aryl methyl sites for hydroxylation is 3. The number of rotatable bonds is 5. The van der Waals surface area contributed by atoms with Crippen LogP contribution in [0.15, 0.2) is 46.2 Å². The van der Waals surface area contributed by atoms with Crippen LogP contribution in [0, 0.1) is 13.8 Å². The summed E-state index contributed by atoms with van der Waals surface area (Å²) in [7, 11) is 0. The predicted molar refractivity (Wildman–Crippen MR) is 127 cm³/mol. The minimum atomic E-state index is -0.391. The fourth-order valence-corrected chi connectivity index (χ4v) is 4.60. The molecule has 1 aliphatic rings. The molecule has 4 rings (SSSR count). The quantitative estimate of drug-likeness (QED) is 0.612. The predicted octanol–water partition coefficient (Wildman–Crippen LogP) is 4.69. The average molecular weight is 434 g/mol. The lowest BCUT2D eigenvalue weighted by Crippen LogP contribution is -2.24. The molecule has 0 fully saturated rings. The molecule has 0 radical (unpaired) electrons. The lowest BCUT2D eigenvalue weighted by Gasteiger charge is -2.08. The van der Waals surface area contributed by atoms with Gasteiger partial charge in [-0.25, -0.2) is 0 Å². The van der Waals surface area contributed by atoms with Crippen molar-refractivity contribution in [1.29, 1.82) is 0 Å². The van der Waals surface area contributed by atoms with Gasteiger partial charge in [0.05, 0.1) is 10.6 Å². The average Bonchev–Trinajstić information content (AvgIpc) is 3.23. The molecule has 0 aliphatic carbocycles. The molecule has 0 bridgehead atoms. The van der Waals surface area contributed by atoms with Crippen LogP contribution in [0.3, 0.4) is 0 Å². The van der Waals surface area contributed by atoms with Gasteiger partial charge in [-0.05, 0) is 55.2 Å². The Morgan fingerprint density at radius 1 is 1.23 bits per heavy atom. The number of aliphatic imine (C=N–C) groups is 1. The molecule has 1 aromatic heterocycles. The highest BCUT2D eigenvalue weighted by atomic mass is 32.1. The Morgan fingerprint density at radius 2 is 1.97 bits per heavy atom. The highest BCUT2D eigenvalue weighted by Gasteiger charge is 2.19. The molecule has 0 saturated carbocycles. The number of hydrogen-bond acceptors (Lipinski definition) is 5. The van der Waals surface area contributed by atoms with Crippen molar-refractivity contribution < 1.29 is 9.90 Å². The second-order valence-corrected chi connectivity index (χ2v) is 8.58.